The van der Waals surface area contributed by atoms with Crippen LogP contribution in [-0.2, 0) is 9.53 Å². The quantitative estimate of drug-likeness (QED) is 0.582. The van der Waals surface area contributed by atoms with Crippen LogP contribution in [0.4, 0.5) is 0 Å². The van der Waals surface area contributed by atoms with Gasteiger partial charge in [0.15, 0.2) is 0 Å². The molecule has 2 aliphatic heterocycles. The average Bonchev–Trinajstić information content (AvgIpc) is 2.44. The van der Waals surface area contributed by atoms with Gasteiger partial charge in [-0.25, -0.2) is 0 Å². The van der Waals surface area contributed by atoms with E-state index < -0.39 is 0 Å². The topological polar surface area (TPSA) is 38.3 Å². The minimum atomic E-state index is -0.0359. The normalized spacial score (nSPS) is 38.8. The molecule has 2 heterocycles. The summed E-state index contributed by atoms with van der Waals surface area (Å²) in [6.45, 7) is 1.00. The van der Waals surface area contributed by atoms with E-state index in [0.29, 0.717) is 12.0 Å². The van der Waals surface area contributed by atoms with Crippen molar-refractivity contribution in [2.45, 2.75) is 12.5 Å². The standard InChI is InChI=1S/C7H11NO2.ClH/c1-10-7(9)6-4-2-5(6)8-3-4;/h4-6,8H,2-3H2,1H3;1H/t4-,5-,6+;/m1./s1. The van der Waals surface area contributed by atoms with E-state index in [-0.39, 0.29) is 24.3 Å². The molecule has 3 fully saturated rings. The Morgan fingerprint density at radius 1 is 1.64 bits per heavy atom. The molecule has 0 unspecified atom stereocenters. The molecule has 2 saturated heterocycles. The lowest BCUT2D eigenvalue weighted by atomic mass is 9.74. The highest BCUT2D eigenvalue weighted by atomic mass is 35.5. The smallest absolute Gasteiger partial charge is 0.310 e. The van der Waals surface area contributed by atoms with Crippen molar-refractivity contribution in [1.82, 2.24) is 5.32 Å². The predicted molar refractivity (Wildman–Crippen MR) is 42.7 cm³/mol. The molecule has 0 amide bonds. The van der Waals surface area contributed by atoms with Crippen LogP contribution in [0.5, 0.6) is 0 Å². The minimum absolute atomic E-state index is 0. The van der Waals surface area contributed by atoms with Crippen LogP contribution in [0.3, 0.4) is 0 Å². The first-order valence-corrected chi connectivity index (χ1v) is 3.64. The van der Waals surface area contributed by atoms with Crippen LogP contribution in [0.25, 0.3) is 0 Å². The molecule has 0 aromatic heterocycles. The van der Waals surface area contributed by atoms with Gasteiger partial charge in [-0.1, -0.05) is 0 Å². The number of fused-ring (bicyclic) bond motifs is 1. The third kappa shape index (κ3) is 1.12. The van der Waals surface area contributed by atoms with Crippen molar-refractivity contribution in [2.75, 3.05) is 13.7 Å². The summed E-state index contributed by atoms with van der Waals surface area (Å²) in [5.74, 6) is 0.702. The Labute approximate surface area is 71.9 Å². The number of carbonyl (C=O) groups excluding carboxylic acids is 1. The van der Waals surface area contributed by atoms with Gasteiger partial charge < -0.3 is 10.1 Å². The molecule has 3 atom stereocenters. The second-order valence-electron chi connectivity index (χ2n) is 3.06. The largest absolute Gasteiger partial charge is 0.469 e. The van der Waals surface area contributed by atoms with E-state index in [9.17, 15) is 4.79 Å². The molecule has 0 spiro atoms. The zero-order chi connectivity index (χ0) is 7.14. The SMILES string of the molecule is COC(=O)[C@H]1[C@H]2CN[C@@H]1C2.Cl. The van der Waals surface area contributed by atoms with Gasteiger partial charge in [-0.15, -0.1) is 12.4 Å². The lowest BCUT2D eigenvalue weighted by molar-refractivity contribution is -0.150. The summed E-state index contributed by atoms with van der Waals surface area (Å²) in [4.78, 5) is 11.0. The van der Waals surface area contributed by atoms with Gasteiger partial charge in [-0.05, 0) is 18.9 Å². The monoisotopic (exact) mass is 177 g/mol. The maximum Gasteiger partial charge on any atom is 0.310 e. The summed E-state index contributed by atoms with van der Waals surface area (Å²) < 4.78 is 4.66. The first-order chi connectivity index (χ1) is 4.83. The summed E-state index contributed by atoms with van der Waals surface area (Å²) in [7, 11) is 1.46. The molecule has 1 aliphatic carbocycles. The second-order valence-corrected chi connectivity index (χ2v) is 3.06. The van der Waals surface area contributed by atoms with Crippen molar-refractivity contribution in [1.29, 1.82) is 0 Å². The number of rotatable bonds is 1. The Morgan fingerprint density at radius 3 is 2.73 bits per heavy atom. The summed E-state index contributed by atoms with van der Waals surface area (Å²) in [6, 6.07) is 0.428. The van der Waals surface area contributed by atoms with Crippen molar-refractivity contribution >= 4 is 18.4 Å². The Kier molecular flexibility index (Phi) is 2.40. The third-order valence-corrected chi connectivity index (χ3v) is 2.61. The fraction of sp³-hybridized carbons (Fsp3) is 0.857. The Bertz CT molecular complexity index is 160. The van der Waals surface area contributed by atoms with E-state index >= 15 is 0 Å². The van der Waals surface area contributed by atoms with Crippen molar-refractivity contribution < 1.29 is 9.53 Å². The zero-order valence-electron chi connectivity index (χ0n) is 6.37. The van der Waals surface area contributed by atoms with Crippen LogP contribution >= 0.6 is 12.4 Å². The number of methoxy groups -OCH3 is 1. The molecule has 4 heteroatoms. The van der Waals surface area contributed by atoms with Crippen LogP contribution in [0.2, 0.25) is 0 Å². The Hall–Kier alpha value is -0.280. The molecule has 0 radical (unpaired) electrons. The Balaban J connectivity index is 0.000000605. The van der Waals surface area contributed by atoms with Crippen molar-refractivity contribution in [3.63, 3.8) is 0 Å². The van der Waals surface area contributed by atoms with Crippen LogP contribution < -0.4 is 5.32 Å². The predicted octanol–water partition coefficient (Wildman–Crippen LogP) is 0.189. The maximum absolute atomic E-state index is 11.0. The van der Waals surface area contributed by atoms with Gasteiger partial charge in [-0.2, -0.15) is 0 Å². The lowest BCUT2D eigenvalue weighted by Gasteiger charge is -2.31. The van der Waals surface area contributed by atoms with E-state index in [0.717, 1.165) is 6.54 Å². The molecule has 1 N–H and O–H groups in total. The van der Waals surface area contributed by atoms with Crippen LogP contribution in [0.15, 0.2) is 0 Å². The number of hydrogen-bond donors (Lipinski definition) is 1. The van der Waals surface area contributed by atoms with E-state index in [2.05, 4.69) is 10.1 Å². The van der Waals surface area contributed by atoms with Crippen molar-refractivity contribution in [2.24, 2.45) is 11.8 Å². The van der Waals surface area contributed by atoms with Gasteiger partial charge >= 0.3 is 5.97 Å². The van der Waals surface area contributed by atoms with Crippen LogP contribution in [-0.4, -0.2) is 25.7 Å². The number of esters is 1. The number of hydrogen-bond acceptors (Lipinski definition) is 3. The summed E-state index contributed by atoms with van der Waals surface area (Å²) >= 11 is 0. The van der Waals surface area contributed by atoms with E-state index in [1.165, 1.54) is 13.5 Å². The third-order valence-electron chi connectivity index (χ3n) is 2.61. The van der Waals surface area contributed by atoms with E-state index in [1.807, 2.05) is 0 Å². The minimum Gasteiger partial charge on any atom is -0.469 e. The molecule has 3 rings (SSSR count). The van der Waals surface area contributed by atoms with Gasteiger partial charge in [0.1, 0.15) is 0 Å². The lowest BCUT2D eigenvalue weighted by Crippen LogP contribution is -2.42. The average molecular weight is 178 g/mol. The van der Waals surface area contributed by atoms with Gasteiger partial charge in [-0.3, -0.25) is 4.79 Å². The molecule has 0 aromatic rings. The van der Waals surface area contributed by atoms with Gasteiger partial charge in [0.25, 0.3) is 0 Å². The molecule has 2 bridgehead atoms. The number of ether oxygens (including phenoxy) is 1. The molecular formula is C7H12ClNO2. The molecule has 1 saturated carbocycles. The highest BCUT2D eigenvalue weighted by Crippen LogP contribution is 2.40. The fourth-order valence-electron chi connectivity index (χ4n) is 1.97. The van der Waals surface area contributed by atoms with Gasteiger partial charge in [0.05, 0.1) is 13.0 Å². The van der Waals surface area contributed by atoms with Crippen molar-refractivity contribution in [3.05, 3.63) is 0 Å². The molecule has 3 aliphatic rings. The van der Waals surface area contributed by atoms with Gasteiger partial charge in [0, 0.05) is 6.04 Å². The molecule has 3 nitrogen and oxygen atoms in total. The summed E-state index contributed by atoms with van der Waals surface area (Å²) in [5.41, 5.74) is 0. The first kappa shape index (κ1) is 8.81. The summed E-state index contributed by atoms with van der Waals surface area (Å²) in [6.07, 6.45) is 1.17. The van der Waals surface area contributed by atoms with E-state index in [1.54, 1.807) is 0 Å². The number of carbonyl (C=O) groups is 1. The van der Waals surface area contributed by atoms with Crippen molar-refractivity contribution in [3.8, 4) is 0 Å². The van der Waals surface area contributed by atoms with Crippen LogP contribution in [0.1, 0.15) is 6.42 Å². The van der Waals surface area contributed by atoms with Crippen LogP contribution in [0, 0.1) is 11.8 Å². The molecule has 64 valence electrons. The van der Waals surface area contributed by atoms with Gasteiger partial charge in [0.2, 0.25) is 0 Å². The zero-order valence-corrected chi connectivity index (χ0v) is 7.19. The summed E-state index contributed by atoms with van der Waals surface area (Å²) in [5, 5.41) is 3.26. The number of nitrogens with one attached hydrogen (secondary N) is 1. The number of halogens is 1. The fourth-order valence-corrected chi connectivity index (χ4v) is 1.97. The second kappa shape index (κ2) is 2.99. The Morgan fingerprint density at radius 2 is 2.36 bits per heavy atom. The van der Waals surface area contributed by atoms with E-state index in [4.69, 9.17) is 0 Å². The highest BCUT2D eigenvalue weighted by Gasteiger charge is 2.51. The highest BCUT2D eigenvalue weighted by molar-refractivity contribution is 5.85. The molecule has 11 heavy (non-hydrogen) atoms. The molecule has 0 aromatic carbocycles. The maximum atomic E-state index is 11.0. The molecular weight excluding hydrogens is 166 g/mol. The first-order valence-electron chi connectivity index (χ1n) is 3.64.